The first-order valence-corrected chi connectivity index (χ1v) is 8.72. The van der Waals surface area contributed by atoms with E-state index in [1.165, 1.54) is 13.2 Å². The lowest BCUT2D eigenvalue weighted by Crippen LogP contribution is -2.20. The van der Waals surface area contributed by atoms with Crippen LogP contribution in [0.2, 0.25) is 0 Å². The van der Waals surface area contributed by atoms with Crippen LogP contribution in [0.15, 0.2) is 48.5 Å². The summed E-state index contributed by atoms with van der Waals surface area (Å²) in [4.78, 5) is 23.6. The van der Waals surface area contributed by atoms with E-state index in [0.717, 1.165) is 3.57 Å². The highest BCUT2D eigenvalue weighted by molar-refractivity contribution is 14.1. The lowest BCUT2D eigenvalue weighted by atomic mass is 10.1. The molecule has 0 saturated heterocycles. The average molecular weight is 467 g/mol. The molecule has 0 spiro atoms. The highest BCUT2D eigenvalue weighted by Gasteiger charge is 2.07. The molecule has 136 valence electrons. The fraction of sp³-hybridized carbons (Fsp3) is 0.158. The predicted molar refractivity (Wildman–Crippen MR) is 107 cm³/mol. The van der Waals surface area contributed by atoms with E-state index < -0.39 is 11.9 Å². The van der Waals surface area contributed by atoms with Gasteiger partial charge in [-0.2, -0.15) is 0 Å². The topological polar surface area (TPSA) is 73.9 Å². The van der Waals surface area contributed by atoms with Crippen molar-refractivity contribution in [3.05, 3.63) is 57.7 Å². The smallest absolute Gasteiger partial charge is 0.331 e. The number of nitrogens with one attached hydrogen (secondary N) is 1. The Hall–Kier alpha value is -2.55. The third-order valence-corrected chi connectivity index (χ3v) is 4.03. The van der Waals surface area contributed by atoms with Crippen LogP contribution in [0.25, 0.3) is 6.08 Å². The minimum Gasteiger partial charge on any atom is -0.497 e. The predicted octanol–water partition coefficient (Wildman–Crippen LogP) is 3.50. The largest absolute Gasteiger partial charge is 0.497 e. The van der Waals surface area contributed by atoms with Gasteiger partial charge in [0.2, 0.25) is 0 Å². The van der Waals surface area contributed by atoms with Crippen molar-refractivity contribution >= 4 is 46.2 Å². The van der Waals surface area contributed by atoms with Gasteiger partial charge in [0.25, 0.3) is 5.91 Å². The Labute approximate surface area is 165 Å². The van der Waals surface area contributed by atoms with Gasteiger partial charge >= 0.3 is 5.97 Å². The summed E-state index contributed by atoms with van der Waals surface area (Å²) in [5.41, 5.74) is 1.30. The van der Waals surface area contributed by atoms with E-state index in [1.807, 2.05) is 12.1 Å². The first kappa shape index (κ1) is 19.8. The summed E-state index contributed by atoms with van der Waals surface area (Å²) in [7, 11) is 3.09. The molecule has 26 heavy (non-hydrogen) atoms. The number of carbonyl (C=O) groups excluding carboxylic acids is 2. The Morgan fingerprint density at radius 1 is 1.08 bits per heavy atom. The second-order valence-electron chi connectivity index (χ2n) is 5.10. The lowest BCUT2D eigenvalue weighted by Gasteiger charge is -2.07. The maximum Gasteiger partial charge on any atom is 0.331 e. The Morgan fingerprint density at radius 3 is 2.46 bits per heavy atom. The number of halogens is 1. The summed E-state index contributed by atoms with van der Waals surface area (Å²) < 4.78 is 16.4. The zero-order valence-electron chi connectivity index (χ0n) is 14.3. The van der Waals surface area contributed by atoms with E-state index in [4.69, 9.17) is 14.2 Å². The van der Waals surface area contributed by atoms with Crippen molar-refractivity contribution in [1.29, 1.82) is 0 Å². The van der Waals surface area contributed by atoms with E-state index in [0.29, 0.717) is 22.7 Å². The number of carbonyl (C=O) groups is 2. The number of benzene rings is 2. The molecule has 0 aliphatic rings. The average Bonchev–Trinajstić information content (AvgIpc) is 2.66. The molecule has 0 aromatic heterocycles. The lowest BCUT2D eigenvalue weighted by molar-refractivity contribution is -0.142. The van der Waals surface area contributed by atoms with Gasteiger partial charge in [0.15, 0.2) is 6.61 Å². The Bertz CT molecular complexity index is 802. The Balaban J connectivity index is 1.89. The zero-order valence-corrected chi connectivity index (χ0v) is 16.5. The standard InChI is InChI=1S/C19H18INO5/c1-24-16-8-9-17(25-2)13(11-16)3-10-19(23)26-12-18(22)21-15-6-4-14(20)5-7-15/h3-11H,12H2,1-2H3,(H,21,22). The van der Waals surface area contributed by atoms with E-state index in [-0.39, 0.29) is 6.61 Å². The summed E-state index contributed by atoms with van der Waals surface area (Å²) in [6, 6.07) is 12.5. The summed E-state index contributed by atoms with van der Waals surface area (Å²) in [6.45, 7) is -0.371. The molecule has 0 bridgehead atoms. The molecule has 0 atom stereocenters. The number of amides is 1. The third-order valence-electron chi connectivity index (χ3n) is 3.31. The number of rotatable bonds is 7. The number of esters is 1. The molecule has 0 radical (unpaired) electrons. The highest BCUT2D eigenvalue weighted by Crippen LogP contribution is 2.25. The van der Waals surface area contributed by atoms with Crippen molar-refractivity contribution in [2.45, 2.75) is 0 Å². The van der Waals surface area contributed by atoms with Crippen LogP contribution in [0.1, 0.15) is 5.56 Å². The SMILES string of the molecule is COc1ccc(OC)c(C=CC(=O)OCC(=O)Nc2ccc(I)cc2)c1. The van der Waals surface area contributed by atoms with Crippen LogP contribution in [0.4, 0.5) is 5.69 Å². The van der Waals surface area contributed by atoms with Crippen molar-refractivity contribution in [2.24, 2.45) is 0 Å². The number of anilines is 1. The number of hydrogen-bond acceptors (Lipinski definition) is 5. The minimum atomic E-state index is -0.632. The maximum absolute atomic E-state index is 11.8. The van der Waals surface area contributed by atoms with Crippen molar-refractivity contribution in [1.82, 2.24) is 0 Å². The van der Waals surface area contributed by atoms with Crippen LogP contribution in [-0.2, 0) is 14.3 Å². The van der Waals surface area contributed by atoms with Crippen LogP contribution in [0, 0.1) is 3.57 Å². The number of methoxy groups -OCH3 is 2. The second kappa shape index (κ2) is 9.81. The molecule has 0 aliphatic heterocycles. The fourth-order valence-electron chi connectivity index (χ4n) is 2.04. The van der Waals surface area contributed by atoms with Gasteiger partial charge in [-0.3, -0.25) is 4.79 Å². The molecule has 7 heteroatoms. The fourth-order valence-corrected chi connectivity index (χ4v) is 2.40. The first-order chi connectivity index (χ1) is 12.5. The Morgan fingerprint density at radius 2 is 1.81 bits per heavy atom. The molecular formula is C19H18INO5. The normalized spacial score (nSPS) is 10.4. The van der Waals surface area contributed by atoms with Crippen LogP contribution in [0.5, 0.6) is 11.5 Å². The highest BCUT2D eigenvalue weighted by atomic mass is 127. The molecule has 0 unspecified atom stereocenters. The van der Waals surface area contributed by atoms with Crippen molar-refractivity contribution in [3.63, 3.8) is 0 Å². The molecule has 0 aliphatic carbocycles. The molecular weight excluding hydrogens is 449 g/mol. The van der Waals surface area contributed by atoms with Crippen molar-refractivity contribution in [2.75, 3.05) is 26.1 Å². The molecule has 0 fully saturated rings. The van der Waals surface area contributed by atoms with Crippen LogP contribution < -0.4 is 14.8 Å². The van der Waals surface area contributed by atoms with E-state index in [1.54, 1.807) is 43.5 Å². The van der Waals surface area contributed by atoms with Crippen molar-refractivity contribution < 1.29 is 23.8 Å². The molecule has 2 aromatic rings. The Kier molecular flexibility index (Phi) is 7.46. The molecule has 2 aromatic carbocycles. The van der Waals surface area contributed by atoms with Gasteiger partial charge < -0.3 is 19.5 Å². The summed E-state index contributed by atoms with van der Waals surface area (Å²) in [5.74, 6) is 0.182. The zero-order chi connectivity index (χ0) is 18.9. The van der Waals surface area contributed by atoms with Crippen LogP contribution in [-0.4, -0.2) is 32.7 Å². The minimum absolute atomic E-state index is 0.371. The first-order valence-electron chi connectivity index (χ1n) is 7.64. The van der Waals surface area contributed by atoms with Crippen LogP contribution in [0.3, 0.4) is 0 Å². The van der Waals surface area contributed by atoms with Gasteiger partial charge in [-0.15, -0.1) is 0 Å². The molecule has 6 nitrogen and oxygen atoms in total. The van der Waals surface area contributed by atoms with Gasteiger partial charge in [0.1, 0.15) is 11.5 Å². The summed E-state index contributed by atoms with van der Waals surface area (Å²) in [6.07, 6.45) is 2.77. The number of ether oxygens (including phenoxy) is 3. The van der Waals surface area contributed by atoms with Gasteiger partial charge in [0.05, 0.1) is 14.2 Å². The monoisotopic (exact) mass is 467 g/mol. The summed E-state index contributed by atoms with van der Waals surface area (Å²) in [5, 5.41) is 2.65. The molecule has 0 saturated carbocycles. The van der Waals surface area contributed by atoms with E-state index >= 15 is 0 Å². The van der Waals surface area contributed by atoms with E-state index in [9.17, 15) is 9.59 Å². The maximum atomic E-state index is 11.8. The third kappa shape index (κ3) is 6.07. The quantitative estimate of drug-likeness (QED) is 0.384. The number of hydrogen-bond donors (Lipinski definition) is 1. The van der Waals surface area contributed by atoms with Gasteiger partial charge in [0, 0.05) is 20.9 Å². The molecule has 2 rings (SSSR count). The van der Waals surface area contributed by atoms with Gasteiger partial charge in [-0.05, 0) is 71.1 Å². The molecule has 0 heterocycles. The van der Waals surface area contributed by atoms with Gasteiger partial charge in [-0.1, -0.05) is 0 Å². The van der Waals surface area contributed by atoms with Crippen LogP contribution >= 0.6 is 22.6 Å². The molecule has 1 amide bonds. The summed E-state index contributed by atoms with van der Waals surface area (Å²) >= 11 is 2.17. The van der Waals surface area contributed by atoms with Crippen molar-refractivity contribution in [3.8, 4) is 11.5 Å². The molecule has 1 N–H and O–H groups in total. The van der Waals surface area contributed by atoms with Gasteiger partial charge in [-0.25, -0.2) is 4.79 Å². The second-order valence-corrected chi connectivity index (χ2v) is 6.35. The van der Waals surface area contributed by atoms with E-state index in [2.05, 4.69) is 27.9 Å².